The summed E-state index contributed by atoms with van der Waals surface area (Å²) in [5, 5.41) is 12.0. The fraction of sp³-hybridized carbons (Fsp3) is 0.316. The zero-order chi connectivity index (χ0) is 17.6. The van der Waals surface area contributed by atoms with Gasteiger partial charge in [0.1, 0.15) is 0 Å². The second-order valence-electron chi connectivity index (χ2n) is 6.20. The van der Waals surface area contributed by atoms with Crippen LogP contribution in [-0.2, 0) is 11.3 Å². The Hall–Kier alpha value is -2.89. The zero-order valence-electron chi connectivity index (χ0n) is 13.9. The van der Waals surface area contributed by atoms with Crippen molar-refractivity contribution in [2.45, 2.75) is 19.4 Å². The van der Waals surface area contributed by atoms with Gasteiger partial charge in [-0.15, -0.1) is 0 Å². The predicted octanol–water partition coefficient (Wildman–Crippen LogP) is 2.75. The van der Waals surface area contributed by atoms with Crippen LogP contribution in [0.15, 0.2) is 48.7 Å². The normalized spacial score (nSPS) is 17.1. The van der Waals surface area contributed by atoms with Crippen molar-refractivity contribution in [1.29, 1.82) is 0 Å². The number of carboxylic acids is 1. The van der Waals surface area contributed by atoms with E-state index in [2.05, 4.69) is 10.3 Å². The maximum absolute atomic E-state index is 12.3. The van der Waals surface area contributed by atoms with Gasteiger partial charge in [0.05, 0.1) is 11.6 Å². The monoisotopic (exact) mass is 339 g/mol. The van der Waals surface area contributed by atoms with E-state index in [1.54, 1.807) is 11.1 Å². The highest BCUT2D eigenvalue weighted by Crippen LogP contribution is 2.19. The van der Waals surface area contributed by atoms with Crippen molar-refractivity contribution in [2.75, 3.05) is 13.1 Å². The molecule has 25 heavy (non-hydrogen) atoms. The summed E-state index contributed by atoms with van der Waals surface area (Å²) in [5.41, 5.74) is 2.86. The lowest BCUT2D eigenvalue weighted by Crippen LogP contribution is -2.46. The summed E-state index contributed by atoms with van der Waals surface area (Å²) in [5.74, 6) is -1.30. The van der Waals surface area contributed by atoms with E-state index in [0.29, 0.717) is 19.5 Å². The molecule has 1 aromatic heterocycles. The lowest BCUT2D eigenvalue weighted by atomic mass is 9.99. The second-order valence-corrected chi connectivity index (χ2v) is 6.20. The minimum atomic E-state index is -0.833. The summed E-state index contributed by atoms with van der Waals surface area (Å²) in [6.45, 7) is 1.27. The molecule has 0 spiro atoms. The number of piperidine rings is 1. The summed E-state index contributed by atoms with van der Waals surface area (Å²) in [6.07, 6.45) is 3.10. The Morgan fingerprint density at radius 3 is 2.88 bits per heavy atom. The number of rotatable bonds is 4. The van der Waals surface area contributed by atoms with Crippen LogP contribution in [0.4, 0.5) is 4.79 Å². The van der Waals surface area contributed by atoms with Gasteiger partial charge in [-0.3, -0.25) is 9.78 Å². The van der Waals surface area contributed by atoms with Crippen molar-refractivity contribution in [3.63, 3.8) is 0 Å². The van der Waals surface area contributed by atoms with Crippen molar-refractivity contribution >= 4 is 12.0 Å². The number of benzene rings is 1. The summed E-state index contributed by atoms with van der Waals surface area (Å²) in [7, 11) is 0. The van der Waals surface area contributed by atoms with Crippen LogP contribution in [0.5, 0.6) is 0 Å². The van der Waals surface area contributed by atoms with Gasteiger partial charge in [0.25, 0.3) is 0 Å². The molecule has 2 heterocycles. The molecule has 1 aromatic carbocycles. The standard InChI is InChI=1S/C19H21N3O3/c23-18(24)16-7-4-10-22(13-16)19(25)21-12-14-5-3-6-15(11-14)17-8-1-2-9-20-17/h1-3,5-6,8-9,11,16H,4,7,10,12-13H2,(H,21,25)(H,23,24). The molecule has 0 aliphatic carbocycles. The van der Waals surface area contributed by atoms with Crippen LogP contribution in [0.25, 0.3) is 11.3 Å². The number of aliphatic carboxylic acids is 1. The van der Waals surface area contributed by atoms with E-state index in [1.807, 2.05) is 42.5 Å². The molecule has 0 saturated carbocycles. The number of carboxylic acid groups (broad SMARTS) is 1. The maximum atomic E-state index is 12.3. The summed E-state index contributed by atoms with van der Waals surface area (Å²) in [6, 6.07) is 13.4. The number of hydrogen-bond acceptors (Lipinski definition) is 3. The Morgan fingerprint density at radius 2 is 2.12 bits per heavy atom. The molecule has 3 rings (SSSR count). The molecule has 1 aliphatic heterocycles. The van der Waals surface area contributed by atoms with Gasteiger partial charge in [-0.25, -0.2) is 4.79 Å². The third kappa shape index (κ3) is 4.35. The molecule has 6 heteroatoms. The molecule has 130 valence electrons. The highest BCUT2D eigenvalue weighted by atomic mass is 16.4. The van der Waals surface area contributed by atoms with Gasteiger partial charge < -0.3 is 15.3 Å². The van der Waals surface area contributed by atoms with Crippen molar-refractivity contribution < 1.29 is 14.7 Å². The van der Waals surface area contributed by atoms with Crippen molar-refractivity contribution in [3.05, 3.63) is 54.2 Å². The predicted molar refractivity (Wildman–Crippen MR) is 93.8 cm³/mol. The molecule has 2 N–H and O–H groups in total. The van der Waals surface area contributed by atoms with Gasteiger partial charge in [0.15, 0.2) is 0 Å². The number of urea groups is 1. The Labute approximate surface area is 146 Å². The number of nitrogens with zero attached hydrogens (tertiary/aromatic N) is 2. The number of carbonyl (C=O) groups is 2. The SMILES string of the molecule is O=C(O)C1CCCN(C(=O)NCc2cccc(-c3ccccn3)c2)C1. The second kappa shape index (κ2) is 7.79. The molecule has 1 atom stereocenters. The van der Waals surface area contributed by atoms with Crippen LogP contribution in [-0.4, -0.2) is 40.1 Å². The van der Waals surface area contributed by atoms with Crippen molar-refractivity contribution in [3.8, 4) is 11.3 Å². The lowest BCUT2D eigenvalue weighted by Gasteiger charge is -2.30. The molecular weight excluding hydrogens is 318 g/mol. The molecule has 0 bridgehead atoms. The average Bonchev–Trinajstić information content (AvgIpc) is 2.67. The fourth-order valence-corrected chi connectivity index (χ4v) is 3.03. The molecule has 6 nitrogen and oxygen atoms in total. The minimum absolute atomic E-state index is 0.214. The largest absolute Gasteiger partial charge is 0.481 e. The van der Waals surface area contributed by atoms with E-state index in [-0.39, 0.29) is 12.6 Å². The first-order valence-corrected chi connectivity index (χ1v) is 8.39. The summed E-state index contributed by atoms with van der Waals surface area (Å²) in [4.78, 5) is 29.3. The number of carbonyl (C=O) groups excluding carboxylic acids is 1. The van der Waals surface area contributed by atoms with Crippen LogP contribution < -0.4 is 5.32 Å². The molecular formula is C19H21N3O3. The van der Waals surface area contributed by atoms with Crippen LogP contribution in [0, 0.1) is 5.92 Å². The van der Waals surface area contributed by atoms with E-state index >= 15 is 0 Å². The smallest absolute Gasteiger partial charge is 0.317 e. The number of aromatic nitrogens is 1. The van der Waals surface area contributed by atoms with Gasteiger partial charge in [-0.05, 0) is 36.6 Å². The molecule has 1 fully saturated rings. The highest BCUT2D eigenvalue weighted by molar-refractivity contribution is 5.76. The van der Waals surface area contributed by atoms with E-state index in [9.17, 15) is 9.59 Å². The number of amides is 2. The molecule has 1 unspecified atom stereocenters. The third-order valence-electron chi connectivity index (χ3n) is 4.39. The molecule has 1 saturated heterocycles. The van der Waals surface area contributed by atoms with E-state index in [1.165, 1.54) is 0 Å². The average molecular weight is 339 g/mol. The van der Waals surface area contributed by atoms with Crippen LogP contribution in [0.1, 0.15) is 18.4 Å². The fourth-order valence-electron chi connectivity index (χ4n) is 3.03. The number of nitrogens with one attached hydrogen (secondary N) is 1. The number of likely N-dealkylation sites (tertiary alicyclic amines) is 1. The first kappa shape index (κ1) is 17.0. The number of hydrogen-bond donors (Lipinski definition) is 2. The molecule has 2 amide bonds. The number of pyridine rings is 1. The van der Waals surface area contributed by atoms with Crippen LogP contribution >= 0.6 is 0 Å². The van der Waals surface area contributed by atoms with E-state index in [4.69, 9.17) is 5.11 Å². The first-order chi connectivity index (χ1) is 12.1. The topological polar surface area (TPSA) is 82.5 Å². The van der Waals surface area contributed by atoms with E-state index < -0.39 is 11.9 Å². The van der Waals surface area contributed by atoms with Gasteiger partial charge >= 0.3 is 12.0 Å². The van der Waals surface area contributed by atoms with Crippen molar-refractivity contribution in [2.24, 2.45) is 5.92 Å². The lowest BCUT2D eigenvalue weighted by molar-refractivity contribution is -0.143. The van der Waals surface area contributed by atoms with Gasteiger partial charge in [0.2, 0.25) is 0 Å². The summed E-state index contributed by atoms with van der Waals surface area (Å²) < 4.78 is 0. The zero-order valence-corrected chi connectivity index (χ0v) is 13.9. The Balaban J connectivity index is 1.60. The van der Waals surface area contributed by atoms with Gasteiger partial charge in [-0.2, -0.15) is 0 Å². The Kier molecular flexibility index (Phi) is 5.28. The minimum Gasteiger partial charge on any atom is -0.481 e. The highest BCUT2D eigenvalue weighted by Gasteiger charge is 2.27. The summed E-state index contributed by atoms with van der Waals surface area (Å²) >= 11 is 0. The quantitative estimate of drug-likeness (QED) is 0.897. The molecule has 1 aliphatic rings. The third-order valence-corrected chi connectivity index (χ3v) is 4.39. The van der Waals surface area contributed by atoms with Crippen LogP contribution in [0.3, 0.4) is 0 Å². The molecule has 2 aromatic rings. The van der Waals surface area contributed by atoms with Crippen molar-refractivity contribution in [1.82, 2.24) is 15.2 Å². The first-order valence-electron chi connectivity index (χ1n) is 8.39. The Morgan fingerprint density at radius 1 is 1.24 bits per heavy atom. The van der Waals surface area contributed by atoms with Crippen LogP contribution in [0.2, 0.25) is 0 Å². The van der Waals surface area contributed by atoms with E-state index in [0.717, 1.165) is 23.2 Å². The van der Waals surface area contributed by atoms with Gasteiger partial charge in [0, 0.05) is 31.4 Å². The molecule has 0 radical (unpaired) electrons. The Bertz CT molecular complexity index is 749. The van der Waals surface area contributed by atoms with Gasteiger partial charge in [-0.1, -0.05) is 24.3 Å². The maximum Gasteiger partial charge on any atom is 0.317 e.